The summed E-state index contributed by atoms with van der Waals surface area (Å²) in [6, 6.07) is -0.615. The van der Waals surface area contributed by atoms with Crippen LogP contribution in [0.2, 0.25) is 0 Å². The molecule has 55 heavy (non-hydrogen) atoms. The van der Waals surface area contributed by atoms with Gasteiger partial charge in [0.1, 0.15) is 6.61 Å². The first kappa shape index (κ1) is 52.6. The number of carboxylic acids is 1. The normalized spacial score (nSPS) is 13.3. The molecule has 320 valence electrons. The predicted molar refractivity (Wildman–Crippen MR) is 229 cm³/mol. The summed E-state index contributed by atoms with van der Waals surface area (Å²) >= 11 is 0. The topological polar surface area (TPSA) is 99.1 Å². The van der Waals surface area contributed by atoms with Crippen molar-refractivity contribution in [2.24, 2.45) is 0 Å². The summed E-state index contributed by atoms with van der Waals surface area (Å²) in [5, 5.41) is 9.62. The third kappa shape index (κ3) is 36.9. The molecular formula is C47H86NO7+. The van der Waals surface area contributed by atoms with Gasteiger partial charge in [-0.1, -0.05) is 147 Å². The fourth-order valence-electron chi connectivity index (χ4n) is 6.49. The van der Waals surface area contributed by atoms with E-state index in [4.69, 9.17) is 14.2 Å². The van der Waals surface area contributed by atoms with Gasteiger partial charge in [-0.05, 0) is 64.2 Å². The number of unbranched alkanes of at least 4 members (excludes halogenated alkanes) is 21. The lowest BCUT2D eigenvalue weighted by Gasteiger charge is -2.31. The molecule has 0 aromatic carbocycles. The maximum absolute atomic E-state index is 12.7. The van der Waals surface area contributed by atoms with Crippen molar-refractivity contribution in [2.75, 3.05) is 41.0 Å². The smallest absolute Gasteiger partial charge is 0.362 e. The number of hydrogen-bond acceptors (Lipinski definition) is 6. The van der Waals surface area contributed by atoms with Gasteiger partial charge >= 0.3 is 17.9 Å². The van der Waals surface area contributed by atoms with E-state index in [2.05, 4.69) is 50.3 Å². The number of carboxylic acid groups (broad SMARTS) is 1. The van der Waals surface area contributed by atoms with Crippen molar-refractivity contribution in [1.29, 1.82) is 0 Å². The summed E-state index contributed by atoms with van der Waals surface area (Å²) in [4.78, 5) is 37.0. The van der Waals surface area contributed by atoms with Crippen molar-refractivity contribution in [2.45, 2.75) is 206 Å². The van der Waals surface area contributed by atoms with Gasteiger partial charge in [0.15, 0.2) is 12.1 Å². The lowest BCUT2D eigenvalue weighted by atomic mass is 10.1. The Hall–Kier alpha value is -2.45. The predicted octanol–water partition coefficient (Wildman–Crippen LogP) is 12.2. The maximum atomic E-state index is 12.7. The van der Waals surface area contributed by atoms with E-state index in [0.717, 1.165) is 51.4 Å². The van der Waals surface area contributed by atoms with E-state index in [1.165, 1.54) is 109 Å². The van der Waals surface area contributed by atoms with E-state index < -0.39 is 18.1 Å². The summed E-state index contributed by atoms with van der Waals surface area (Å²) < 4.78 is 17.3. The molecule has 0 fully saturated rings. The van der Waals surface area contributed by atoms with Gasteiger partial charge in [0.25, 0.3) is 0 Å². The van der Waals surface area contributed by atoms with Gasteiger partial charge in [0, 0.05) is 19.3 Å². The number of aliphatic carboxylic acids is 1. The summed E-state index contributed by atoms with van der Waals surface area (Å²) in [6.45, 7) is 4.68. The molecule has 0 rings (SSSR count). The Balaban J connectivity index is 4.31. The lowest BCUT2D eigenvalue weighted by Crippen LogP contribution is -2.50. The Bertz CT molecular complexity index is 1000. The summed E-state index contributed by atoms with van der Waals surface area (Å²) in [6.07, 6.45) is 43.2. The van der Waals surface area contributed by atoms with Gasteiger partial charge in [0.2, 0.25) is 0 Å². The van der Waals surface area contributed by atoms with Crippen molar-refractivity contribution >= 4 is 17.9 Å². The summed E-state index contributed by atoms with van der Waals surface area (Å²) in [5.74, 6) is -1.48. The van der Waals surface area contributed by atoms with Crippen molar-refractivity contribution in [3.05, 3.63) is 36.5 Å². The molecule has 2 unspecified atom stereocenters. The average Bonchev–Trinajstić information content (AvgIpc) is 3.14. The van der Waals surface area contributed by atoms with Crippen LogP contribution in [0.15, 0.2) is 36.5 Å². The zero-order valence-corrected chi connectivity index (χ0v) is 36.4. The van der Waals surface area contributed by atoms with Gasteiger partial charge in [-0.3, -0.25) is 9.59 Å². The van der Waals surface area contributed by atoms with Crippen LogP contribution < -0.4 is 0 Å². The minimum absolute atomic E-state index is 0.0555. The van der Waals surface area contributed by atoms with Crippen molar-refractivity contribution in [1.82, 2.24) is 0 Å². The van der Waals surface area contributed by atoms with E-state index >= 15 is 0 Å². The highest BCUT2D eigenvalue weighted by atomic mass is 16.6. The second-order valence-corrected chi connectivity index (χ2v) is 16.3. The molecule has 0 aliphatic carbocycles. The number of rotatable bonds is 40. The molecule has 2 atom stereocenters. The van der Waals surface area contributed by atoms with Gasteiger partial charge < -0.3 is 23.8 Å². The van der Waals surface area contributed by atoms with Gasteiger partial charge in [-0.25, -0.2) is 4.79 Å². The number of ether oxygens (including phenoxy) is 3. The highest BCUT2D eigenvalue weighted by molar-refractivity contribution is 5.72. The third-order valence-electron chi connectivity index (χ3n) is 10.0. The highest BCUT2D eigenvalue weighted by Crippen LogP contribution is 2.14. The number of carbonyl (C=O) groups is 3. The molecule has 8 nitrogen and oxygen atoms in total. The van der Waals surface area contributed by atoms with Crippen LogP contribution in [0.1, 0.15) is 194 Å². The van der Waals surface area contributed by atoms with Crippen molar-refractivity contribution in [3.8, 4) is 0 Å². The zero-order chi connectivity index (χ0) is 40.7. The van der Waals surface area contributed by atoms with Crippen LogP contribution in [0, 0.1) is 0 Å². The molecule has 0 aromatic heterocycles. The first-order valence-corrected chi connectivity index (χ1v) is 22.5. The molecule has 0 saturated heterocycles. The van der Waals surface area contributed by atoms with E-state index in [1.807, 2.05) is 21.1 Å². The highest BCUT2D eigenvalue weighted by Gasteiger charge is 2.31. The molecule has 8 heteroatoms. The number of likely N-dealkylation sites (N-methyl/N-ethyl adjacent to an activating group) is 1. The standard InChI is InChI=1S/C47H85NO7/c1-6-8-10-12-14-16-18-20-21-22-23-24-25-26-28-30-32-34-36-38-46(50)55-43(41-53-40-39-44(47(51)52)48(3,4)5)42-54-45(49)37-35-33-31-29-27-19-17-15-13-11-9-7-2/h14-18,20,43-44H,6-13,19,21-42H2,1-5H3/p+1/b16-14+,17-15+,20-18+. The monoisotopic (exact) mass is 777 g/mol. The molecule has 0 saturated carbocycles. The SMILES string of the molecule is CCCCC/C=C/C=C/CCCCCCCCCCCCC(=O)OC(COCCC(C(=O)O)[N+](C)(C)C)COC(=O)CCCCCCC/C=C/CCCCC. The number of nitrogens with zero attached hydrogens (tertiary/aromatic N) is 1. The zero-order valence-electron chi connectivity index (χ0n) is 36.4. The van der Waals surface area contributed by atoms with Crippen LogP contribution in [-0.2, 0) is 28.6 Å². The number of carbonyl (C=O) groups excluding carboxylic acids is 2. The van der Waals surface area contributed by atoms with Crippen LogP contribution in [0.3, 0.4) is 0 Å². The Morgan fingerprint density at radius 2 is 0.964 bits per heavy atom. The Labute approximate surface area is 338 Å². The number of hydrogen-bond donors (Lipinski definition) is 1. The van der Waals surface area contributed by atoms with Gasteiger partial charge in [-0.15, -0.1) is 0 Å². The van der Waals surface area contributed by atoms with Crippen LogP contribution >= 0.6 is 0 Å². The fraction of sp³-hybridized carbons (Fsp3) is 0.809. The lowest BCUT2D eigenvalue weighted by molar-refractivity contribution is -0.887. The van der Waals surface area contributed by atoms with E-state index in [9.17, 15) is 19.5 Å². The minimum atomic E-state index is -0.877. The molecule has 0 radical (unpaired) electrons. The van der Waals surface area contributed by atoms with Gasteiger partial charge in [-0.2, -0.15) is 0 Å². The Morgan fingerprint density at radius 3 is 1.42 bits per heavy atom. The maximum Gasteiger partial charge on any atom is 0.362 e. The second-order valence-electron chi connectivity index (χ2n) is 16.3. The van der Waals surface area contributed by atoms with Crippen LogP contribution in [0.25, 0.3) is 0 Å². The number of quaternary nitrogens is 1. The first-order chi connectivity index (χ1) is 26.6. The summed E-state index contributed by atoms with van der Waals surface area (Å²) in [5.41, 5.74) is 0. The van der Waals surface area contributed by atoms with E-state index in [0.29, 0.717) is 19.3 Å². The molecule has 1 N–H and O–H groups in total. The average molecular weight is 777 g/mol. The Kier molecular flexibility index (Phi) is 36.7. The fourth-order valence-corrected chi connectivity index (χ4v) is 6.49. The van der Waals surface area contributed by atoms with Crippen LogP contribution in [0.4, 0.5) is 0 Å². The molecular weight excluding hydrogens is 691 g/mol. The molecule has 0 spiro atoms. The largest absolute Gasteiger partial charge is 0.477 e. The van der Waals surface area contributed by atoms with Gasteiger partial charge in [0.05, 0.1) is 34.4 Å². The van der Waals surface area contributed by atoms with Crippen LogP contribution in [0.5, 0.6) is 0 Å². The third-order valence-corrected chi connectivity index (χ3v) is 10.0. The molecule has 0 aliphatic heterocycles. The second kappa shape index (κ2) is 38.4. The van der Waals surface area contributed by atoms with Crippen molar-refractivity contribution in [3.63, 3.8) is 0 Å². The molecule has 0 amide bonds. The molecule has 0 heterocycles. The minimum Gasteiger partial charge on any atom is -0.477 e. The van der Waals surface area contributed by atoms with Crippen LogP contribution in [-0.4, -0.2) is 80.6 Å². The number of esters is 2. The first-order valence-electron chi connectivity index (χ1n) is 22.5. The Morgan fingerprint density at radius 1 is 0.545 bits per heavy atom. The number of allylic oxidation sites excluding steroid dienone is 6. The molecule has 0 bridgehead atoms. The van der Waals surface area contributed by atoms with E-state index in [-0.39, 0.29) is 36.2 Å². The van der Waals surface area contributed by atoms with E-state index in [1.54, 1.807) is 0 Å². The summed E-state index contributed by atoms with van der Waals surface area (Å²) in [7, 11) is 5.52. The molecule has 0 aliphatic rings. The van der Waals surface area contributed by atoms with Crippen molar-refractivity contribution < 1.29 is 38.2 Å². The molecule has 0 aromatic rings. The quantitative estimate of drug-likeness (QED) is 0.0217.